The van der Waals surface area contributed by atoms with Crippen LogP contribution in [0, 0.1) is 6.92 Å². The minimum Gasteiger partial charge on any atom is -0.292 e. The third kappa shape index (κ3) is 3.95. The quantitative estimate of drug-likeness (QED) is 0.248. The number of hydrogen-bond acceptors (Lipinski definition) is 2. The molecule has 0 atom stereocenters. The number of fused-ring (bicyclic) bond motifs is 2. The molecule has 0 spiro atoms. The fourth-order valence-corrected chi connectivity index (χ4v) is 5.22. The molecule has 0 aliphatic carbocycles. The summed E-state index contributed by atoms with van der Waals surface area (Å²) < 4.78 is 2.26. The summed E-state index contributed by atoms with van der Waals surface area (Å²) >= 11 is 0. The maximum Gasteiger partial charge on any atom is 0.145 e. The Balaban J connectivity index is 1.41. The van der Waals surface area contributed by atoms with Crippen LogP contribution in [0.5, 0.6) is 0 Å². The van der Waals surface area contributed by atoms with Crippen LogP contribution in [-0.2, 0) is 0 Å². The van der Waals surface area contributed by atoms with Gasteiger partial charge in [-0.15, -0.1) is 0 Å². The van der Waals surface area contributed by atoms with Gasteiger partial charge in [-0.05, 0) is 65.2 Å². The first-order chi connectivity index (χ1) is 18.7. The summed E-state index contributed by atoms with van der Waals surface area (Å²) in [6, 6.07) is 46.8. The number of aromatic nitrogens is 3. The first kappa shape index (κ1) is 22.2. The molecule has 2 heterocycles. The van der Waals surface area contributed by atoms with E-state index < -0.39 is 0 Å². The molecule has 0 N–H and O–H groups in total. The number of nitrogens with zero attached hydrogens (tertiary/aromatic N) is 3. The highest BCUT2D eigenvalue weighted by molar-refractivity contribution is 5.89. The van der Waals surface area contributed by atoms with E-state index in [1.807, 2.05) is 12.1 Å². The van der Waals surface area contributed by atoms with Crippen molar-refractivity contribution in [3.63, 3.8) is 0 Å². The van der Waals surface area contributed by atoms with Gasteiger partial charge in [0.15, 0.2) is 0 Å². The van der Waals surface area contributed by atoms with Crippen LogP contribution in [0.2, 0.25) is 0 Å². The number of pyridine rings is 1. The number of hydrogen-bond donors (Lipinski definition) is 0. The molecule has 0 saturated heterocycles. The van der Waals surface area contributed by atoms with Gasteiger partial charge in [0, 0.05) is 16.8 Å². The zero-order chi connectivity index (χ0) is 25.5. The molecule has 5 aromatic carbocycles. The SMILES string of the molecule is Cc1cc(-n2c(-c3cccc(-c4ccc5ccccc5c4)c3)nc3ccccc32)cc(-c2ccccc2)n1. The molecule has 0 radical (unpaired) electrons. The molecule has 0 unspecified atom stereocenters. The Morgan fingerprint density at radius 3 is 2.11 bits per heavy atom. The molecule has 0 aliphatic heterocycles. The van der Waals surface area contributed by atoms with Crippen molar-refractivity contribution in [1.82, 2.24) is 14.5 Å². The zero-order valence-electron chi connectivity index (χ0n) is 21.0. The summed E-state index contributed by atoms with van der Waals surface area (Å²) in [4.78, 5) is 9.96. The molecule has 2 aromatic heterocycles. The van der Waals surface area contributed by atoms with Gasteiger partial charge in [-0.25, -0.2) is 4.98 Å². The molecule has 0 amide bonds. The molecule has 0 fully saturated rings. The van der Waals surface area contributed by atoms with Crippen LogP contribution >= 0.6 is 0 Å². The Morgan fingerprint density at radius 2 is 1.21 bits per heavy atom. The topological polar surface area (TPSA) is 30.7 Å². The van der Waals surface area contributed by atoms with Crippen LogP contribution in [0.25, 0.3) is 61.3 Å². The van der Waals surface area contributed by atoms with E-state index in [9.17, 15) is 0 Å². The lowest BCUT2D eigenvalue weighted by Crippen LogP contribution is -2.00. The minimum absolute atomic E-state index is 0.915. The van der Waals surface area contributed by atoms with E-state index in [-0.39, 0.29) is 0 Å². The standard InChI is InChI=1S/C35H25N3/c1-24-20-31(23-33(36-24)26-11-3-2-4-12-26)38-34-17-8-7-16-32(34)37-35(38)30-15-9-14-28(22-30)29-19-18-25-10-5-6-13-27(25)21-29/h2-23H,1H3. The highest BCUT2D eigenvalue weighted by Gasteiger charge is 2.16. The predicted molar refractivity (Wildman–Crippen MR) is 157 cm³/mol. The van der Waals surface area contributed by atoms with Crippen LogP contribution in [0.1, 0.15) is 5.69 Å². The third-order valence-electron chi connectivity index (χ3n) is 7.03. The van der Waals surface area contributed by atoms with Gasteiger partial charge in [-0.2, -0.15) is 0 Å². The molecule has 0 aliphatic rings. The molecule has 180 valence electrons. The molecule has 0 saturated carbocycles. The van der Waals surface area contributed by atoms with Gasteiger partial charge >= 0.3 is 0 Å². The molecule has 0 bridgehead atoms. The average Bonchev–Trinajstić information content (AvgIpc) is 3.37. The Hall–Kier alpha value is -5.02. The van der Waals surface area contributed by atoms with Crippen LogP contribution in [0.4, 0.5) is 0 Å². The molecular formula is C35H25N3. The third-order valence-corrected chi connectivity index (χ3v) is 7.03. The average molecular weight is 488 g/mol. The fraction of sp³-hybridized carbons (Fsp3) is 0.0286. The second-order valence-electron chi connectivity index (χ2n) is 9.62. The Labute approximate surface area is 221 Å². The van der Waals surface area contributed by atoms with Crippen molar-refractivity contribution in [2.24, 2.45) is 0 Å². The summed E-state index contributed by atoms with van der Waals surface area (Å²) in [5, 5.41) is 2.49. The number of rotatable bonds is 4. The number of aryl methyl sites for hydroxylation is 1. The number of benzene rings is 5. The molecule has 3 heteroatoms. The van der Waals surface area contributed by atoms with E-state index in [0.29, 0.717) is 0 Å². The number of para-hydroxylation sites is 2. The van der Waals surface area contributed by atoms with Crippen molar-refractivity contribution in [3.05, 3.63) is 139 Å². The van der Waals surface area contributed by atoms with Gasteiger partial charge in [0.1, 0.15) is 5.82 Å². The normalized spacial score (nSPS) is 11.3. The van der Waals surface area contributed by atoms with Crippen LogP contribution < -0.4 is 0 Å². The van der Waals surface area contributed by atoms with E-state index in [0.717, 1.165) is 45.1 Å². The molecule has 7 aromatic rings. The minimum atomic E-state index is 0.915. The van der Waals surface area contributed by atoms with E-state index in [4.69, 9.17) is 9.97 Å². The van der Waals surface area contributed by atoms with Crippen LogP contribution in [0.15, 0.2) is 133 Å². The first-order valence-corrected chi connectivity index (χ1v) is 12.8. The van der Waals surface area contributed by atoms with Gasteiger partial charge in [-0.3, -0.25) is 9.55 Å². The van der Waals surface area contributed by atoms with E-state index in [1.165, 1.54) is 21.9 Å². The Bertz CT molecular complexity index is 1930. The van der Waals surface area contributed by atoms with E-state index in [2.05, 4.69) is 133 Å². The second kappa shape index (κ2) is 9.13. The van der Waals surface area contributed by atoms with E-state index in [1.54, 1.807) is 0 Å². The maximum atomic E-state index is 5.12. The van der Waals surface area contributed by atoms with Gasteiger partial charge < -0.3 is 0 Å². The molecule has 38 heavy (non-hydrogen) atoms. The summed E-state index contributed by atoms with van der Waals surface area (Å²) in [6.45, 7) is 2.05. The van der Waals surface area contributed by atoms with Gasteiger partial charge in [0.2, 0.25) is 0 Å². The summed E-state index contributed by atoms with van der Waals surface area (Å²) in [6.07, 6.45) is 0. The summed E-state index contributed by atoms with van der Waals surface area (Å²) in [5.74, 6) is 0.915. The second-order valence-corrected chi connectivity index (χ2v) is 9.62. The number of imidazole rings is 1. The van der Waals surface area contributed by atoms with Crippen molar-refractivity contribution < 1.29 is 0 Å². The fourth-order valence-electron chi connectivity index (χ4n) is 5.22. The Kier molecular flexibility index (Phi) is 5.33. The lowest BCUT2D eigenvalue weighted by atomic mass is 9.99. The Morgan fingerprint density at radius 1 is 0.500 bits per heavy atom. The van der Waals surface area contributed by atoms with Crippen molar-refractivity contribution in [2.45, 2.75) is 6.92 Å². The lowest BCUT2D eigenvalue weighted by molar-refractivity contribution is 1.07. The highest BCUT2D eigenvalue weighted by Crippen LogP contribution is 2.33. The molecule has 3 nitrogen and oxygen atoms in total. The van der Waals surface area contributed by atoms with Crippen molar-refractivity contribution in [3.8, 4) is 39.5 Å². The van der Waals surface area contributed by atoms with Crippen molar-refractivity contribution >= 4 is 21.8 Å². The van der Waals surface area contributed by atoms with Gasteiger partial charge in [0.05, 0.1) is 22.4 Å². The summed E-state index contributed by atoms with van der Waals surface area (Å²) in [5.41, 5.74) is 9.55. The van der Waals surface area contributed by atoms with E-state index >= 15 is 0 Å². The highest BCUT2D eigenvalue weighted by atomic mass is 15.1. The van der Waals surface area contributed by atoms with Crippen molar-refractivity contribution in [1.29, 1.82) is 0 Å². The van der Waals surface area contributed by atoms with Crippen LogP contribution in [0.3, 0.4) is 0 Å². The molecular weight excluding hydrogens is 462 g/mol. The first-order valence-electron chi connectivity index (χ1n) is 12.8. The smallest absolute Gasteiger partial charge is 0.145 e. The van der Waals surface area contributed by atoms with Crippen LogP contribution in [-0.4, -0.2) is 14.5 Å². The van der Waals surface area contributed by atoms with Gasteiger partial charge in [0.25, 0.3) is 0 Å². The zero-order valence-corrected chi connectivity index (χ0v) is 21.0. The van der Waals surface area contributed by atoms with Gasteiger partial charge in [-0.1, -0.05) is 97.1 Å². The maximum absolute atomic E-state index is 5.12. The lowest BCUT2D eigenvalue weighted by Gasteiger charge is -2.13. The predicted octanol–water partition coefficient (Wildman–Crippen LogP) is 8.88. The largest absolute Gasteiger partial charge is 0.292 e. The van der Waals surface area contributed by atoms with Crippen molar-refractivity contribution in [2.75, 3.05) is 0 Å². The summed E-state index contributed by atoms with van der Waals surface area (Å²) in [7, 11) is 0. The monoisotopic (exact) mass is 487 g/mol. The molecule has 7 rings (SSSR count).